The van der Waals surface area contributed by atoms with Crippen molar-refractivity contribution in [1.82, 2.24) is 5.32 Å². The molecule has 2 aromatic carbocycles. The number of carboxylic acids is 1. The average Bonchev–Trinajstić information content (AvgIpc) is 3.36. The summed E-state index contributed by atoms with van der Waals surface area (Å²) in [5.74, 6) is -1.92. The fraction of sp³-hybridized carbons (Fsp3) is 0.300. The van der Waals surface area contributed by atoms with Crippen LogP contribution in [0, 0.1) is 25.6 Å². The van der Waals surface area contributed by atoms with Gasteiger partial charge in [-0.05, 0) is 60.6 Å². The van der Waals surface area contributed by atoms with Crippen LogP contribution in [0.5, 0.6) is 0 Å². The molecule has 0 spiro atoms. The monoisotopic (exact) mass is 341 g/mol. The van der Waals surface area contributed by atoms with Crippen LogP contribution in [-0.4, -0.2) is 17.0 Å². The highest BCUT2D eigenvalue weighted by Crippen LogP contribution is 2.47. The molecule has 1 saturated carbocycles. The first-order chi connectivity index (χ1) is 11.9. The Morgan fingerprint density at radius 1 is 1.16 bits per heavy atom. The third kappa shape index (κ3) is 3.55. The quantitative estimate of drug-likeness (QED) is 0.875. The van der Waals surface area contributed by atoms with Crippen molar-refractivity contribution < 1.29 is 19.1 Å². The van der Waals surface area contributed by atoms with E-state index in [4.69, 9.17) is 0 Å². The summed E-state index contributed by atoms with van der Waals surface area (Å²) in [6, 6.07) is 10.5. The van der Waals surface area contributed by atoms with Crippen molar-refractivity contribution in [3.63, 3.8) is 0 Å². The molecule has 3 rings (SSSR count). The number of hydrogen-bond donors (Lipinski definition) is 2. The molecule has 1 fully saturated rings. The third-order valence-corrected chi connectivity index (χ3v) is 4.92. The van der Waals surface area contributed by atoms with Gasteiger partial charge in [0.1, 0.15) is 5.82 Å². The number of amides is 1. The van der Waals surface area contributed by atoms with Gasteiger partial charge in [0.25, 0.3) is 0 Å². The molecule has 0 radical (unpaired) electrons. The number of rotatable bonds is 5. The highest BCUT2D eigenvalue weighted by molar-refractivity contribution is 5.88. The summed E-state index contributed by atoms with van der Waals surface area (Å²) >= 11 is 0. The van der Waals surface area contributed by atoms with Gasteiger partial charge in [-0.25, -0.2) is 9.18 Å². The second-order valence-electron chi connectivity index (χ2n) is 6.57. The molecular formula is C20H20FNO3. The normalized spacial score (nSPS) is 20.0. The van der Waals surface area contributed by atoms with Gasteiger partial charge in [-0.2, -0.15) is 0 Å². The zero-order valence-corrected chi connectivity index (χ0v) is 14.1. The van der Waals surface area contributed by atoms with Gasteiger partial charge >= 0.3 is 5.97 Å². The second kappa shape index (κ2) is 6.67. The first kappa shape index (κ1) is 17.1. The minimum absolute atomic E-state index is 0.0219. The van der Waals surface area contributed by atoms with Gasteiger partial charge in [-0.15, -0.1) is 0 Å². The second-order valence-corrected chi connectivity index (χ2v) is 6.57. The zero-order chi connectivity index (χ0) is 18.1. The Kier molecular flexibility index (Phi) is 4.57. The van der Waals surface area contributed by atoms with Crippen molar-refractivity contribution in [1.29, 1.82) is 0 Å². The van der Waals surface area contributed by atoms with Crippen LogP contribution in [0.15, 0.2) is 42.5 Å². The van der Waals surface area contributed by atoms with Crippen LogP contribution in [0.25, 0.3) is 0 Å². The molecule has 0 bridgehead atoms. The van der Waals surface area contributed by atoms with E-state index in [0.29, 0.717) is 12.0 Å². The van der Waals surface area contributed by atoms with Gasteiger partial charge in [0.2, 0.25) is 5.91 Å². The molecule has 3 unspecified atom stereocenters. The molecule has 1 aliphatic rings. The van der Waals surface area contributed by atoms with E-state index in [0.717, 1.165) is 16.7 Å². The summed E-state index contributed by atoms with van der Waals surface area (Å²) in [6.45, 7) is 3.76. The molecule has 130 valence electrons. The van der Waals surface area contributed by atoms with Crippen molar-refractivity contribution >= 4 is 11.9 Å². The minimum Gasteiger partial charge on any atom is -0.479 e. The van der Waals surface area contributed by atoms with Crippen LogP contribution in [0.2, 0.25) is 0 Å². The molecule has 0 heterocycles. The number of benzene rings is 2. The Morgan fingerprint density at radius 3 is 2.48 bits per heavy atom. The summed E-state index contributed by atoms with van der Waals surface area (Å²) < 4.78 is 13.0. The molecule has 1 amide bonds. The van der Waals surface area contributed by atoms with Crippen molar-refractivity contribution in [3.8, 4) is 0 Å². The topological polar surface area (TPSA) is 66.4 Å². The number of hydrogen-bond acceptors (Lipinski definition) is 2. The molecule has 4 nitrogen and oxygen atoms in total. The van der Waals surface area contributed by atoms with E-state index < -0.39 is 12.0 Å². The van der Waals surface area contributed by atoms with E-state index in [9.17, 15) is 19.1 Å². The molecule has 0 saturated heterocycles. The molecule has 5 heteroatoms. The van der Waals surface area contributed by atoms with Crippen LogP contribution in [0.4, 0.5) is 4.39 Å². The summed E-state index contributed by atoms with van der Waals surface area (Å²) in [4.78, 5) is 24.2. The number of carbonyl (C=O) groups is 2. The average molecular weight is 341 g/mol. The van der Waals surface area contributed by atoms with E-state index in [-0.39, 0.29) is 23.6 Å². The fourth-order valence-electron chi connectivity index (χ4n) is 3.17. The SMILES string of the molecule is Cc1cccc(C(NC(=O)C2CC2c2ccc(F)cc2)C(=O)O)c1C. The lowest BCUT2D eigenvalue weighted by atomic mass is 9.97. The van der Waals surface area contributed by atoms with Gasteiger partial charge in [0.05, 0.1) is 0 Å². The number of nitrogens with one attached hydrogen (secondary N) is 1. The lowest BCUT2D eigenvalue weighted by Gasteiger charge is -2.18. The summed E-state index contributed by atoms with van der Waals surface area (Å²) in [6.07, 6.45) is 0.649. The van der Waals surface area contributed by atoms with Crippen molar-refractivity contribution in [2.45, 2.75) is 32.2 Å². The summed E-state index contributed by atoms with van der Waals surface area (Å²) in [5.41, 5.74) is 3.34. The third-order valence-electron chi connectivity index (χ3n) is 4.92. The van der Waals surface area contributed by atoms with E-state index in [2.05, 4.69) is 5.32 Å². The molecule has 0 aromatic heterocycles. The Balaban J connectivity index is 1.73. The molecule has 2 N–H and O–H groups in total. The zero-order valence-electron chi connectivity index (χ0n) is 14.1. The lowest BCUT2D eigenvalue weighted by Crippen LogP contribution is -2.35. The first-order valence-corrected chi connectivity index (χ1v) is 8.23. The highest BCUT2D eigenvalue weighted by Gasteiger charge is 2.45. The van der Waals surface area contributed by atoms with Crippen LogP contribution >= 0.6 is 0 Å². The largest absolute Gasteiger partial charge is 0.479 e. The molecular weight excluding hydrogens is 321 g/mol. The molecule has 25 heavy (non-hydrogen) atoms. The smallest absolute Gasteiger partial charge is 0.330 e. The molecule has 2 aromatic rings. The Hall–Kier alpha value is -2.69. The van der Waals surface area contributed by atoms with Gasteiger partial charge in [-0.3, -0.25) is 4.79 Å². The highest BCUT2D eigenvalue weighted by atomic mass is 19.1. The maximum Gasteiger partial charge on any atom is 0.330 e. The van der Waals surface area contributed by atoms with E-state index in [1.807, 2.05) is 19.9 Å². The Bertz CT molecular complexity index is 816. The van der Waals surface area contributed by atoms with Gasteiger partial charge in [-0.1, -0.05) is 30.3 Å². The summed E-state index contributed by atoms with van der Waals surface area (Å²) in [5, 5.41) is 12.2. The number of carbonyl (C=O) groups excluding carboxylic acids is 1. The van der Waals surface area contributed by atoms with Gasteiger partial charge < -0.3 is 10.4 Å². The predicted molar refractivity (Wildman–Crippen MR) is 91.7 cm³/mol. The number of aliphatic carboxylic acids is 1. The van der Waals surface area contributed by atoms with Gasteiger partial charge in [0.15, 0.2) is 6.04 Å². The lowest BCUT2D eigenvalue weighted by molar-refractivity contribution is -0.142. The van der Waals surface area contributed by atoms with Crippen LogP contribution in [-0.2, 0) is 9.59 Å². The van der Waals surface area contributed by atoms with Crippen LogP contribution < -0.4 is 5.32 Å². The van der Waals surface area contributed by atoms with E-state index in [1.165, 1.54) is 12.1 Å². The van der Waals surface area contributed by atoms with Crippen LogP contribution in [0.1, 0.15) is 40.6 Å². The Labute approximate surface area is 145 Å². The van der Waals surface area contributed by atoms with Crippen molar-refractivity contribution in [2.24, 2.45) is 5.92 Å². The predicted octanol–water partition coefficient (Wildman–Crippen LogP) is 3.49. The number of aryl methyl sites for hydroxylation is 1. The maximum atomic E-state index is 13.0. The standard InChI is InChI=1S/C20H20FNO3/c1-11-4-3-5-15(12(11)2)18(20(24)25)22-19(23)17-10-16(17)13-6-8-14(21)9-7-13/h3-9,16-18H,10H2,1-2H3,(H,22,23)(H,24,25). The minimum atomic E-state index is -1.08. The Morgan fingerprint density at radius 2 is 1.84 bits per heavy atom. The van der Waals surface area contributed by atoms with Crippen molar-refractivity contribution in [2.75, 3.05) is 0 Å². The number of carboxylic acid groups (broad SMARTS) is 1. The number of halogens is 1. The van der Waals surface area contributed by atoms with Crippen molar-refractivity contribution in [3.05, 3.63) is 70.5 Å². The fourth-order valence-corrected chi connectivity index (χ4v) is 3.17. The van der Waals surface area contributed by atoms with Gasteiger partial charge in [0, 0.05) is 5.92 Å². The van der Waals surface area contributed by atoms with E-state index >= 15 is 0 Å². The first-order valence-electron chi connectivity index (χ1n) is 8.23. The maximum absolute atomic E-state index is 13.0. The van der Waals surface area contributed by atoms with E-state index in [1.54, 1.807) is 24.3 Å². The molecule has 3 atom stereocenters. The van der Waals surface area contributed by atoms with Crippen LogP contribution in [0.3, 0.4) is 0 Å². The summed E-state index contributed by atoms with van der Waals surface area (Å²) in [7, 11) is 0. The molecule has 0 aliphatic heterocycles. The molecule has 1 aliphatic carbocycles.